The number of para-hydroxylation sites is 1. The van der Waals surface area contributed by atoms with Gasteiger partial charge in [-0.2, -0.15) is 0 Å². The Morgan fingerprint density at radius 2 is 1.93 bits per heavy atom. The molecule has 0 bridgehead atoms. The lowest BCUT2D eigenvalue weighted by atomic mass is 9.83. The molecule has 4 aromatic rings. The number of benzene rings is 2. The van der Waals surface area contributed by atoms with Gasteiger partial charge in [0, 0.05) is 25.3 Å². The normalized spacial score (nSPS) is 18.2. The van der Waals surface area contributed by atoms with Crippen LogP contribution in [0.3, 0.4) is 0 Å². The zero-order valence-electron chi connectivity index (χ0n) is 22.8. The first-order valence-electron chi connectivity index (χ1n) is 13.6. The van der Waals surface area contributed by atoms with Crippen molar-refractivity contribution in [2.75, 3.05) is 23.9 Å². The van der Waals surface area contributed by atoms with Crippen molar-refractivity contribution in [2.45, 2.75) is 38.6 Å². The van der Waals surface area contributed by atoms with Crippen LogP contribution < -0.4 is 20.3 Å². The topological polar surface area (TPSA) is 110 Å². The molecule has 2 N–H and O–H groups in total. The van der Waals surface area contributed by atoms with Gasteiger partial charge >= 0.3 is 6.03 Å². The minimum Gasteiger partial charge on any atom is -0.457 e. The van der Waals surface area contributed by atoms with Gasteiger partial charge in [-0.1, -0.05) is 24.6 Å². The number of ketones is 1. The highest BCUT2D eigenvalue weighted by Crippen LogP contribution is 2.46. The number of carbonyl (C=O) groups excluding carboxylic acids is 3. The van der Waals surface area contributed by atoms with Crippen LogP contribution in [-0.4, -0.2) is 42.5 Å². The van der Waals surface area contributed by atoms with Crippen LogP contribution in [0, 0.1) is 12.8 Å². The number of rotatable bonds is 8. The number of amides is 3. The van der Waals surface area contributed by atoms with Gasteiger partial charge in [0.1, 0.15) is 27.8 Å². The quantitative estimate of drug-likeness (QED) is 0.248. The summed E-state index contributed by atoms with van der Waals surface area (Å²) in [7, 11) is 1.52. The van der Waals surface area contributed by atoms with Crippen LogP contribution in [0.2, 0.25) is 0 Å². The molecule has 1 aliphatic carbocycles. The van der Waals surface area contributed by atoms with Crippen molar-refractivity contribution in [3.8, 4) is 11.5 Å². The lowest BCUT2D eigenvalue weighted by Crippen LogP contribution is -2.41. The van der Waals surface area contributed by atoms with Crippen LogP contribution in [0.25, 0.3) is 10.2 Å². The minimum atomic E-state index is -0.361. The summed E-state index contributed by atoms with van der Waals surface area (Å²) in [6.07, 6.45) is 4.70. The van der Waals surface area contributed by atoms with Crippen LogP contribution >= 0.6 is 11.3 Å². The van der Waals surface area contributed by atoms with E-state index in [1.807, 2.05) is 55.5 Å². The molecule has 1 aliphatic heterocycles. The van der Waals surface area contributed by atoms with Gasteiger partial charge in [0.15, 0.2) is 5.78 Å². The highest BCUT2D eigenvalue weighted by molar-refractivity contribution is 7.21. The summed E-state index contributed by atoms with van der Waals surface area (Å²) in [4.78, 5) is 46.6. The van der Waals surface area contributed by atoms with Crippen molar-refractivity contribution < 1.29 is 23.9 Å². The van der Waals surface area contributed by atoms with Gasteiger partial charge < -0.3 is 20.1 Å². The number of carbonyl (C=O) groups is 3. The molecule has 3 amide bonds. The number of methoxy groups -OCH3 is 1. The number of pyridine rings is 1. The lowest BCUT2D eigenvalue weighted by molar-refractivity contribution is -0.127. The van der Waals surface area contributed by atoms with Gasteiger partial charge in [-0.3, -0.25) is 14.5 Å². The van der Waals surface area contributed by atoms with Crippen LogP contribution in [0.1, 0.15) is 40.9 Å². The molecule has 0 spiro atoms. The minimum absolute atomic E-state index is 0.0690. The molecular formula is C31H30N4O5S. The van der Waals surface area contributed by atoms with Gasteiger partial charge in [-0.25, -0.2) is 9.78 Å². The van der Waals surface area contributed by atoms with E-state index in [0.29, 0.717) is 38.9 Å². The summed E-state index contributed by atoms with van der Waals surface area (Å²) in [5, 5.41) is 6.79. The fourth-order valence-electron chi connectivity index (χ4n) is 5.67. The molecule has 0 radical (unpaired) electrons. The standard InChI is InChI=1S/C31H30N4O5S/c1-18-15-22(40-21-9-4-3-5-10-21)11-12-23(18)35-24-13-14-32-30-26(24)27(34-31(35)38)28(41-30)29(37)33-20-8-6-7-19(16-20)25(36)17-39-2/h3-5,9-15,19-20H,6-8,16-17H2,1-2H3,(H,33,37)(H,34,38)/t19?,20-/m1/s1. The van der Waals surface area contributed by atoms with Crippen LogP contribution in [0.15, 0.2) is 60.8 Å². The van der Waals surface area contributed by atoms with Crippen molar-refractivity contribution in [1.29, 1.82) is 0 Å². The van der Waals surface area contributed by atoms with E-state index in [1.165, 1.54) is 18.4 Å². The number of ether oxygens (including phenoxy) is 2. The summed E-state index contributed by atoms with van der Waals surface area (Å²) in [6.45, 7) is 2.01. The number of hydrogen-bond donors (Lipinski definition) is 2. The molecule has 9 nitrogen and oxygen atoms in total. The molecule has 41 heavy (non-hydrogen) atoms. The number of aromatic nitrogens is 1. The molecule has 2 atom stereocenters. The van der Waals surface area contributed by atoms with E-state index >= 15 is 0 Å². The zero-order chi connectivity index (χ0) is 28.5. The first-order valence-corrected chi connectivity index (χ1v) is 14.4. The Kier molecular flexibility index (Phi) is 7.42. The van der Waals surface area contributed by atoms with Gasteiger partial charge in [0.05, 0.1) is 22.4 Å². The molecule has 3 heterocycles. The summed E-state index contributed by atoms with van der Waals surface area (Å²) < 4.78 is 11.0. The van der Waals surface area contributed by atoms with Crippen molar-refractivity contribution in [2.24, 2.45) is 5.92 Å². The number of nitrogens with one attached hydrogen (secondary N) is 2. The lowest BCUT2D eigenvalue weighted by Gasteiger charge is -2.30. The third kappa shape index (κ3) is 5.28. The predicted octanol–water partition coefficient (Wildman–Crippen LogP) is 6.58. The molecule has 1 unspecified atom stereocenters. The SMILES string of the molecule is COCC(=O)C1CCC[C@@H](NC(=O)c2sc3nccc4c3c2NC(=O)N4c2ccc(Oc3ccccc3)cc2C)C1. The molecule has 6 rings (SSSR count). The maximum absolute atomic E-state index is 13.6. The maximum atomic E-state index is 13.6. The number of urea groups is 1. The fraction of sp³-hybridized carbons (Fsp3) is 0.290. The average molecular weight is 571 g/mol. The van der Waals surface area contributed by atoms with Crippen molar-refractivity contribution in [3.63, 3.8) is 0 Å². The summed E-state index contributed by atoms with van der Waals surface area (Å²) in [6, 6.07) is 16.4. The van der Waals surface area contributed by atoms with E-state index in [1.54, 1.807) is 17.2 Å². The van der Waals surface area contributed by atoms with E-state index in [4.69, 9.17) is 9.47 Å². The van der Waals surface area contributed by atoms with E-state index in [9.17, 15) is 14.4 Å². The Balaban J connectivity index is 1.27. The highest BCUT2D eigenvalue weighted by atomic mass is 32.1. The first-order chi connectivity index (χ1) is 19.9. The molecule has 10 heteroatoms. The third-order valence-electron chi connectivity index (χ3n) is 7.59. The van der Waals surface area contributed by atoms with E-state index < -0.39 is 0 Å². The number of hydrogen-bond acceptors (Lipinski definition) is 7. The molecule has 0 saturated heterocycles. The second-order valence-corrected chi connectivity index (χ2v) is 11.4. The van der Waals surface area contributed by atoms with Crippen molar-refractivity contribution in [1.82, 2.24) is 10.3 Å². The number of aryl methyl sites for hydroxylation is 1. The van der Waals surface area contributed by atoms with Crippen molar-refractivity contribution >= 4 is 56.3 Å². The first kappa shape index (κ1) is 26.9. The molecule has 1 saturated carbocycles. The predicted molar refractivity (Wildman–Crippen MR) is 159 cm³/mol. The van der Waals surface area contributed by atoms with Crippen LogP contribution in [0.5, 0.6) is 11.5 Å². The van der Waals surface area contributed by atoms with Gasteiger partial charge in [0.2, 0.25) is 0 Å². The Bertz CT molecular complexity index is 1640. The average Bonchev–Trinajstić information content (AvgIpc) is 3.34. The molecular weight excluding hydrogens is 540 g/mol. The molecule has 1 fully saturated rings. The Labute approximate surface area is 241 Å². The van der Waals surface area contributed by atoms with Crippen LogP contribution in [-0.2, 0) is 9.53 Å². The third-order valence-corrected chi connectivity index (χ3v) is 8.69. The highest BCUT2D eigenvalue weighted by Gasteiger charge is 2.34. The maximum Gasteiger partial charge on any atom is 0.331 e. The van der Waals surface area contributed by atoms with Gasteiger partial charge in [-0.05, 0) is 68.1 Å². The van der Waals surface area contributed by atoms with Gasteiger partial charge in [0.25, 0.3) is 5.91 Å². The molecule has 2 aromatic heterocycles. The van der Waals surface area contributed by atoms with Crippen molar-refractivity contribution in [3.05, 3.63) is 71.2 Å². The molecule has 210 valence electrons. The molecule has 2 aliphatic rings. The second-order valence-electron chi connectivity index (χ2n) is 10.4. The fourth-order valence-corrected chi connectivity index (χ4v) is 6.70. The number of anilines is 3. The largest absolute Gasteiger partial charge is 0.457 e. The summed E-state index contributed by atoms with van der Waals surface area (Å²) in [5.74, 6) is 1.07. The second kappa shape index (κ2) is 11.3. The Hall–Kier alpha value is -4.28. The van der Waals surface area contributed by atoms with E-state index in [0.717, 1.165) is 36.0 Å². The van der Waals surface area contributed by atoms with Gasteiger partial charge in [-0.15, -0.1) is 11.3 Å². The Morgan fingerprint density at radius 1 is 1.10 bits per heavy atom. The zero-order valence-corrected chi connectivity index (χ0v) is 23.6. The summed E-state index contributed by atoms with van der Waals surface area (Å²) >= 11 is 1.25. The summed E-state index contributed by atoms with van der Waals surface area (Å²) in [5.41, 5.74) is 2.68. The monoisotopic (exact) mass is 570 g/mol. The van der Waals surface area contributed by atoms with E-state index in [2.05, 4.69) is 15.6 Å². The molecule has 2 aromatic carbocycles. The number of nitrogens with zero attached hydrogens (tertiary/aromatic N) is 2. The van der Waals surface area contributed by atoms with E-state index in [-0.39, 0.29) is 36.3 Å². The number of Topliss-reactive ketones (excluding diaryl/α,β-unsaturated/α-hetero) is 1. The smallest absolute Gasteiger partial charge is 0.331 e. The Morgan fingerprint density at radius 3 is 2.71 bits per heavy atom. The number of thiophene rings is 1. The van der Waals surface area contributed by atoms with Crippen LogP contribution in [0.4, 0.5) is 21.9 Å².